The predicted octanol–water partition coefficient (Wildman–Crippen LogP) is 5.28. The average Bonchev–Trinajstić information content (AvgIpc) is 2.60. The van der Waals surface area contributed by atoms with Gasteiger partial charge in [-0.25, -0.2) is 4.99 Å². The van der Waals surface area contributed by atoms with Gasteiger partial charge in [-0.3, -0.25) is 0 Å². The smallest absolute Gasteiger partial charge is 0.179 e. The van der Waals surface area contributed by atoms with Gasteiger partial charge in [0.25, 0.3) is 0 Å². The van der Waals surface area contributed by atoms with Crippen LogP contribution < -0.4 is 9.47 Å². The van der Waals surface area contributed by atoms with Crippen LogP contribution in [-0.4, -0.2) is 17.6 Å². The summed E-state index contributed by atoms with van der Waals surface area (Å²) < 4.78 is 12.3. The summed E-state index contributed by atoms with van der Waals surface area (Å²) in [5.74, 6) is 3.18. The second kappa shape index (κ2) is 6.67. The summed E-state index contributed by atoms with van der Waals surface area (Å²) in [6.07, 6.45) is 0. The van der Waals surface area contributed by atoms with Gasteiger partial charge in [0, 0.05) is 11.5 Å². The Bertz CT molecular complexity index is 779. The largest absolute Gasteiger partial charge is 0.486 e. The SMILES string of the molecule is Clc1cc(CSC2=Nc3ccccc3CS2)cc2c1OCCO2. The third-order valence-electron chi connectivity index (χ3n) is 3.57. The van der Waals surface area contributed by atoms with Crippen molar-refractivity contribution >= 4 is 45.2 Å². The van der Waals surface area contributed by atoms with Crippen LogP contribution in [0.15, 0.2) is 41.4 Å². The number of rotatable bonds is 2. The number of ether oxygens (including phenoxy) is 2. The maximum atomic E-state index is 6.29. The summed E-state index contributed by atoms with van der Waals surface area (Å²) in [6.45, 7) is 1.12. The molecular weight excluding hydrogens is 350 g/mol. The average molecular weight is 364 g/mol. The first-order valence-corrected chi connectivity index (χ1v) is 9.65. The maximum Gasteiger partial charge on any atom is 0.179 e. The minimum atomic E-state index is 0.549. The monoisotopic (exact) mass is 363 g/mol. The first-order valence-electron chi connectivity index (χ1n) is 7.30. The molecule has 0 atom stereocenters. The number of hydrogen-bond donors (Lipinski definition) is 0. The summed E-state index contributed by atoms with van der Waals surface area (Å²) in [5, 5.41) is 0.612. The van der Waals surface area contributed by atoms with Crippen LogP contribution in [0, 0.1) is 0 Å². The lowest BCUT2D eigenvalue weighted by Gasteiger charge is -2.20. The summed E-state index contributed by atoms with van der Waals surface area (Å²) >= 11 is 9.80. The molecule has 2 heterocycles. The van der Waals surface area contributed by atoms with Gasteiger partial charge in [-0.05, 0) is 29.3 Å². The summed E-state index contributed by atoms with van der Waals surface area (Å²) in [5.41, 5.74) is 3.49. The van der Waals surface area contributed by atoms with Crippen LogP contribution >= 0.6 is 35.1 Å². The fourth-order valence-electron chi connectivity index (χ4n) is 2.48. The molecule has 4 rings (SSSR count). The van der Waals surface area contributed by atoms with E-state index in [1.807, 2.05) is 18.2 Å². The van der Waals surface area contributed by atoms with Gasteiger partial charge in [0.15, 0.2) is 11.5 Å². The Balaban J connectivity index is 1.50. The Morgan fingerprint density at radius 1 is 1.17 bits per heavy atom. The lowest BCUT2D eigenvalue weighted by molar-refractivity contribution is 0.171. The van der Waals surface area contributed by atoms with Crippen LogP contribution in [-0.2, 0) is 11.5 Å². The number of fused-ring (bicyclic) bond motifs is 2. The highest BCUT2D eigenvalue weighted by molar-refractivity contribution is 8.38. The molecule has 0 saturated carbocycles. The summed E-state index contributed by atoms with van der Waals surface area (Å²) in [6, 6.07) is 12.2. The summed E-state index contributed by atoms with van der Waals surface area (Å²) in [4.78, 5) is 4.72. The van der Waals surface area contributed by atoms with Gasteiger partial charge in [-0.15, -0.1) is 0 Å². The van der Waals surface area contributed by atoms with Gasteiger partial charge in [-0.2, -0.15) is 0 Å². The molecule has 0 bridgehead atoms. The van der Waals surface area contributed by atoms with Crippen LogP contribution in [0.5, 0.6) is 11.5 Å². The second-order valence-corrected chi connectivity index (χ2v) is 7.78. The highest BCUT2D eigenvalue weighted by Crippen LogP contribution is 2.40. The zero-order valence-corrected chi connectivity index (χ0v) is 14.6. The van der Waals surface area contributed by atoms with E-state index < -0.39 is 0 Å². The van der Waals surface area contributed by atoms with Crippen LogP contribution in [0.25, 0.3) is 0 Å². The Kier molecular flexibility index (Phi) is 4.42. The standard InChI is InChI=1S/C17H14ClNO2S2/c18-13-7-11(8-15-16(13)21-6-5-20-15)9-22-17-19-14-4-2-1-3-12(14)10-23-17/h1-4,7-8H,5-6,9-10H2. The molecule has 2 aromatic carbocycles. The minimum Gasteiger partial charge on any atom is -0.486 e. The lowest BCUT2D eigenvalue weighted by Crippen LogP contribution is -2.15. The predicted molar refractivity (Wildman–Crippen MR) is 98.6 cm³/mol. The van der Waals surface area contributed by atoms with Crippen LogP contribution in [0.3, 0.4) is 0 Å². The minimum absolute atomic E-state index is 0.549. The second-order valence-electron chi connectivity index (χ2n) is 5.19. The van der Waals surface area contributed by atoms with E-state index in [1.165, 1.54) is 5.56 Å². The van der Waals surface area contributed by atoms with E-state index in [-0.39, 0.29) is 0 Å². The molecule has 0 radical (unpaired) electrons. The van der Waals surface area contributed by atoms with Crippen molar-refractivity contribution in [3.63, 3.8) is 0 Å². The summed E-state index contributed by atoms with van der Waals surface area (Å²) in [7, 11) is 0. The molecule has 0 N–H and O–H groups in total. The molecular formula is C17H14ClNO2S2. The van der Waals surface area contributed by atoms with Crippen molar-refractivity contribution in [1.29, 1.82) is 0 Å². The van der Waals surface area contributed by atoms with Crippen molar-refractivity contribution < 1.29 is 9.47 Å². The van der Waals surface area contributed by atoms with Gasteiger partial charge in [0.2, 0.25) is 0 Å². The van der Waals surface area contributed by atoms with E-state index in [1.54, 1.807) is 23.5 Å². The van der Waals surface area contributed by atoms with E-state index in [2.05, 4.69) is 18.2 Å². The molecule has 2 aliphatic heterocycles. The Hall–Kier alpha value is -1.30. The fourth-order valence-corrected chi connectivity index (χ4v) is 4.76. The molecule has 6 heteroatoms. The first kappa shape index (κ1) is 15.2. The molecule has 118 valence electrons. The number of hydrogen-bond acceptors (Lipinski definition) is 5. The molecule has 0 unspecified atom stereocenters. The van der Waals surface area contributed by atoms with Crippen molar-refractivity contribution in [3.05, 3.63) is 52.5 Å². The normalized spacial score (nSPS) is 15.8. The molecule has 2 aliphatic rings. The van der Waals surface area contributed by atoms with Gasteiger partial charge in [0.05, 0.1) is 10.7 Å². The molecule has 23 heavy (non-hydrogen) atoms. The van der Waals surface area contributed by atoms with Gasteiger partial charge < -0.3 is 9.47 Å². The number of aliphatic imine (C=N–C) groups is 1. The third kappa shape index (κ3) is 3.32. The quantitative estimate of drug-likeness (QED) is 0.726. The molecule has 0 amide bonds. The van der Waals surface area contributed by atoms with Crippen LogP contribution in [0.1, 0.15) is 11.1 Å². The molecule has 0 fully saturated rings. The molecule has 3 nitrogen and oxygen atoms in total. The van der Waals surface area contributed by atoms with Gasteiger partial charge in [0.1, 0.15) is 17.6 Å². The van der Waals surface area contributed by atoms with Crippen molar-refractivity contribution in [2.24, 2.45) is 4.99 Å². The van der Waals surface area contributed by atoms with Crippen LogP contribution in [0.2, 0.25) is 5.02 Å². The Morgan fingerprint density at radius 2 is 2.04 bits per heavy atom. The maximum absolute atomic E-state index is 6.29. The van der Waals surface area contributed by atoms with E-state index in [0.29, 0.717) is 24.0 Å². The number of para-hydroxylation sites is 1. The van der Waals surface area contributed by atoms with E-state index >= 15 is 0 Å². The fraction of sp³-hybridized carbons (Fsp3) is 0.235. The van der Waals surface area contributed by atoms with Crippen molar-refractivity contribution in [1.82, 2.24) is 0 Å². The first-order chi connectivity index (χ1) is 11.3. The molecule has 0 aromatic heterocycles. The van der Waals surface area contributed by atoms with Crippen LogP contribution in [0.4, 0.5) is 5.69 Å². The van der Waals surface area contributed by atoms with E-state index in [4.69, 9.17) is 26.1 Å². The molecule has 0 spiro atoms. The van der Waals surface area contributed by atoms with Gasteiger partial charge in [-0.1, -0.05) is 53.3 Å². The van der Waals surface area contributed by atoms with Crippen molar-refractivity contribution in [3.8, 4) is 11.5 Å². The highest BCUT2D eigenvalue weighted by atomic mass is 35.5. The van der Waals surface area contributed by atoms with Crippen molar-refractivity contribution in [2.75, 3.05) is 13.2 Å². The molecule has 2 aromatic rings. The number of benzene rings is 2. The zero-order valence-electron chi connectivity index (χ0n) is 12.3. The van der Waals surface area contributed by atoms with Crippen molar-refractivity contribution in [2.45, 2.75) is 11.5 Å². The highest BCUT2D eigenvalue weighted by Gasteiger charge is 2.18. The van der Waals surface area contributed by atoms with E-state index in [0.717, 1.165) is 32.9 Å². The number of halogens is 1. The number of thioether (sulfide) groups is 2. The zero-order chi connectivity index (χ0) is 15.6. The molecule has 0 aliphatic carbocycles. The Labute approximate surface area is 148 Å². The van der Waals surface area contributed by atoms with Gasteiger partial charge >= 0.3 is 0 Å². The van der Waals surface area contributed by atoms with E-state index in [9.17, 15) is 0 Å². The third-order valence-corrected chi connectivity index (χ3v) is 6.17. The topological polar surface area (TPSA) is 30.8 Å². The molecule has 0 saturated heterocycles. The Morgan fingerprint density at radius 3 is 3.00 bits per heavy atom. The lowest BCUT2D eigenvalue weighted by atomic mass is 10.2. The number of nitrogens with zero attached hydrogens (tertiary/aromatic N) is 1.